The number of pyridine rings is 1. The van der Waals surface area contributed by atoms with Crippen molar-refractivity contribution in [1.29, 1.82) is 0 Å². The van der Waals surface area contributed by atoms with Crippen LogP contribution >= 0.6 is 12.2 Å². The molecular weight excluding hydrogens is 244 g/mol. The van der Waals surface area contributed by atoms with Crippen molar-refractivity contribution in [1.82, 2.24) is 4.98 Å². The smallest absolute Gasteiger partial charge is 0.145 e. The van der Waals surface area contributed by atoms with Crippen molar-refractivity contribution in [2.24, 2.45) is 5.73 Å². The fourth-order valence-corrected chi connectivity index (χ4v) is 1.75. The van der Waals surface area contributed by atoms with Crippen molar-refractivity contribution in [3.63, 3.8) is 0 Å². The van der Waals surface area contributed by atoms with E-state index in [1.165, 1.54) is 5.56 Å². The van der Waals surface area contributed by atoms with Crippen LogP contribution in [0.15, 0.2) is 36.5 Å². The van der Waals surface area contributed by atoms with E-state index in [1.807, 2.05) is 19.1 Å². The first-order valence-electron chi connectivity index (χ1n) is 5.57. The SMILES string of the molecule is Cc1ccc(Oc2ccc(C(N)=S)nc2)c(C)c1. The molecule has 0 atom stereocenters. The maximum absolute atomic E-state index is 5.75. The van der Waals surface area contributed by atoms with Crippen molar-refractivity contribution < 1.29 is 4.74 Å². The van der Waals surface area contributed by atoms with Crippen LogP contribution in [0.25, 0.3) is 0 Å². The number of hydrogen-bond acceptors (Lipinski definition) is 3. The zero-order chi connectivity index (χ0) is 13.1. The Kier molecular flexibility index (Phi) is 3.58. The number of nitrogens with two attached hydrogens (primary N) is 1. The number of thiocarbonyl (C=S) groups is 1. The van der Waals surface area contributed by atoms with Gasteiger partial charge in [0.1, 0.15) is 16.5 Å². The molecule has 0 saturated carbocycles. The Morgan fingerprint density at radius 2 is 2.00 bits per heavy atom. The standard InChI is InChI=1S/C14H14N2OS/c1-9-3-6-13(10(2)7-9)17-11-4-5-12(14(15)18)16-8-11/h3-8H,1-2H3,(H2,15,18). The number of aryl methyl sites for hydroxylation is 2. The average molecular weight is 258 g/mol. The second kappa shape index (κ2) is 5.14. The monoisotopic (exact) mass is 258 g/mol. The molecule has 2 rings (SSSR count). The normalized spacial score (nSPS) is 10.1. The molecule has 0 aliphatic heterocycles. The number of rotatable bonds is 3. The van der Waals surface area contributed by atoms with Crippen LogP contribution in [0.2, 0.25) is 0 Å². The first kappa shape index (κ1) is 12.5. The molecular formula is C14H14N2OS. The van der Waals surface area contributed by atoms with Gasteiger partial charge in [-0.2, -0.15) is 0 Å². The molecule has 0 aliphatic carbocycles. The Morgan fingerprint density at radius 3 is 2.56 bits per heavy atom. The number of benzene rings is 1. The van der Waals surface area contributed by atoms with E-state index in [9.17, 15) is 0 Å². The average Bonchev–Trinajstić information content (AvgIpc) is 2.33. The van der Waals surface area contributed by atoms with Crippen molar-refractivity contribution in [3.05, 3.63) is 53.3 Å². The first-order valence-corrected chi connectivity index (χ1v) is 5.98. The highest BCUT2D eigenvalue weighted by atomic mass is 32.1. The van der Waals surface area contributed by atoms with Gasteiger partial charge in [0, 0.05) is 0 Å². The predicted octanol–water partition coefficient (Wildman–Crippen LogP) is 3.12. The molecule has 0 aliphatic rings. The molecule has 0 radical (unpaired) electrons. The lowest BCUT2D eigenvalue weighted by molar-refractivity contribution is 0.476. The van der Waals surface area contributed by atoms with Crippen LogP contribution < -0.4 is 10.5 Å². The topological polar surface area (TPSA) is 48.1 Å². The van der Waals surface area contributed by atoms with Crippen molar-refractivity contribution in [3.8, 4) is 11.5 Å². The zero-order valence-electron chi connectivity index (χ0n) is 10.3. The molecule has 4 heteroatoms. The van der Waals surface area contributed by atoms with Crippen LogP contribution in [0.3, 0.4) is 0 Å². The summed E-state index contributed by atoms with van der Waals surface area (Å²) in [5.41, 5.74) is 8.38. The molecule has 0 amide bonds. The fraction of sp³-hybridized carbons (Fsp3) is 0.143. The summed E-state index contributed by atoms with van der Waals surface area (Å²) in [5, 5.41) is 0. The lowest BCUT2D eigenvalue weighted by Gasteiger charge is -2.09. The maximum Gasteiger partial charge on any atom is 0.145 e. The van der Waals surface area contributed by atoms with Gasteiger partial charge in [-0.05, 0) is 37.6 Å². The summed E-state index contributed by atoms with van der Waals surface area (Å²) in [6.45, 7) is 4.06. The molecule has 2 aromatic rings. The molecule has 92 valence electrons. The number of aromatic nitrogens is 1. The summed E-state index contributed by atoms with van der Waals surface area (Å²) >= 11 is 4.84. The molecule has 3 nitrogen and oxygen atoms in total. The van der Waals surface area contributed by atoms with E-state index in [-0.39, 0.29) is 4.99 Å². The Morgan fingerprint density at radius 1 is 1.22 bits per heavy atom. The van der Waals surface area contributed by atoms with Gasteiger partial charge in [-0.15, -0.1) is 0 Å². The lowest BCUT2D eigenvalue weighted by atomic mass is 10.1. The quantitative estimate of drug-likeness (QED) is 0.859. The molecule has 0 saturated heterocycles. The Hall–Kier alpha value is -1.94. The van der Waals surface area contributed by atoms with Gasteiger partial charge in [0.25, 0.3) is 0 Å². The maximum atomic E-state index is 5.75. The molecule has 18 heavy (non-hydrogen) atoms. The van der Waals surface area contributed by atoms with Crippen molar-refractivity contribution in [2.75, 3.05) is 0 Å². The third-order valence-corrected chi connectivity index (χ3v) is 2.76. The minimum absolute atomic E-state index is 0.285. The molecule has 2 N–H and O–H groups in total. The van der Waals surface area contributed by atoms with Gasteiger partial charge in [0.15, 0.2) is 0 Å². The zero-order valence-corrected chi connectivity index (χ0v) is 11.1. The summed E-state index contributed by atoms with van der Waals surface area (Å²) in [4.78, 5) is 4.42. The largest absolute Gasteiger partial charge is 0.455 e. The molecule has 1 heterocycles. The molecule has 0 unspecified atom stereocenters. The van der Waals surface area contributed by atoms with E-state index in [1.54, 1.807) is 18.3 Å². The van der Waals surface area contributed by atoms with Crippen LogP contribution in [0.1, 0.15) is 16.8 Å². The Labute approximate surface area is 112 Å². The van der Waals surface area contributed by atoms with Gasteiger partial charge in [0.2, 0.25) is 0 Å². The van der Waals surface area contributed by atoms with E-state index in [0.29, 0.717) is 11.4 Å². The van der Waals surface area contributed by atoms with Crippen LogP contribution in [0.4, 0.5) is 0 Å². The molecule has 0 fully saturated rings. The Balaban J connectivity index is 2.21. The fourth-order valence-electron chi connectivity index (χ4n) is 1.63. The minimum Gasteiger partial charge on any atom is -0.455 e. The molecule has 0 bridgehead atoms. The van der Waals surface area contributed by atoms with Crippen molar-refractivity contribution >= 4 is 17.2 Å². The summed E-state index contributed by atoms with van der Waals surface area (Å²) < 4.78 is 5.75. The van der Waals surface area contributed by atoms with Crippen LogP contribution in [-0.4, -0.2) is 9.97 Å². The van der Waals surface area contributed by atoms with Gasteiger partial charge in [0.05, 0.1) is 11.9 Å². The highest BCUT2D eigenvalue weighted by Gasteiger charge is 2.03. The number of ether oxygens (including phenoxy) is 1. The minimum atomic E-state index is 0.285. The first-order chi connectivity index (χ1) is 8.56. The highest BCUT2D eigenvalue weighted by Crippen LogP contribution is 2.25. The summed E-state index contributed by atoms with van der Waals surface area (Å²) in [6, 6.07) is 9.60. The Bertz CT molecular complexity index is 579. The second-order valence-corrected chi connectivity index (χ2v) is 4.55. The van der Waals surface area contributed by atoms with Crippen LogP contribution in [-0.2, 0) is 0 Å². The number of nitrogens with zero attached hydrogens (tertiary/aromatic N) is 1. The second-order valence-electron chi connectivity index (χ2n) is 4.11. The van der Waals surface area contributed by atoms with E-state index in [2.05, 4.69) is 18.0 Å². The van der Waals surface area contributed by atoms with E-state index < -0.39 is 0 Å². The highest BCUT2D eigenvalue weighted by molar-refractivity contribution is 7.80. The molecule has 0 spiro atoms. The molecule has 1 aromatic carbocycles. The summed E-state index contributed by atoms with van der Waals surface area (Å²) in [7, 11) is 0. The van der Waals surface area contributed by atoms with Crippen LogP contribution in [0, 0.1) is 13.8 Å². The van der Waals surface area contributed by atoms with Crippen LogP contribution in [0.5, 0.6) is 11.5 Å². The van der Waals surface area contributed by atoms with Gasteiger partial charge in [-0.1, -0.05) is 29.9 Å². The third kappa shape index (κ3) is 2.84. The predicted molar refractivity (Wildman–Crippen MR) is 76.1 cm³/mol. The van der Waals surface area contributed by atoms with Gasteiger partial charge >= 0.3 is 0 Å². The lowest BCUT2D eigenvalue weighted by Crippen LogP contribution is -2.10. The van der Waals surface area contributed by atoms with Gasteiger partial charge < -0.3 is 10.5 Å². The van der Waals surface area contributed by atoms with E-state index >= 15 is 0 Å². The number of hydrogen-bond donors (Lipinski definition) is 1. The molecule has 1 aromatic heterocycles. The summed E-state index contributed by atoms with van der Waals surface area (Å²) in [6.07, 6.45) is 1.62. The summed E-state index contributed by atoms with van der Waals surface area (Å²) in [5.74, 6) is 1.49. The van der Waals surface area contributed by atoms with Crippen molar-refractivity contribution in [2.45, 2.75) is 13.8 Å². The van der Waals surface area contributed by atoms with E-state index in [4.69, 9.17) is 22.7 Å². The van der Waals surface area contributed by atoms with Gasteiger partial charge in [-0.3, -0.25) is 0 Å². The third-order valence-electron chi connectivity index (χ3n) is 2.55. The van der Waals surface area contributed by atoms with Gasteiger partial charge in [-0.25, -0.2) is 4.98 Å². The van der Waals surface area contributed by atoms with E-state index in [0.717, 1.165) is 11.3 Å².